The molecule has 156 valence electrons. The lowest BCUT2D eigenvalue weighted by Crippen LogP contribution is -2.44. The van der Waals surface area contributed by atoms with E-state index < -0.39 is 5.54 Å². The Kier molecular flexibility index (Phi) is 4.32. The fraction of sp³-hybridized carbons (Fsp3) is 0.435. The Bertz CT molecular complexity index is 1140. The number of hydrogen-bond acceptors (Lipinski definition) is 5. The van der Waals surface area contributed by atoms with Crippen LogP contribution in [0.5, 0.6) is 0 Å². The standard InChI is InChI=1S/C23H27N5O2/c1-14-13-30-11-10-27(14)22-18-12-28(15(2)29)23(3,4)20(18)25-21(26-22)17-6-5-7-19-16(17)8-9-24-19/h5-9,14,24H,10-13H2,1-4H3. The van der Waals surface area contributed by atoms with E-state index in [1.54, 1.807) is 6.92 Å². The third-order valence-corrected chi connectivity index (χ3v) is 6.41. The van der Waals surface area contributed by atoms with E-state index in [1.165, 1.54) is 0 Å². The largest absolute Gasteiger partial charge is 0.377 e. The summed E-state index contributed by atoms with van der Waals surface area (Å²) in [7, 11) is 0. The van der Waals surface area contributed by atoms with Crippen LogP contribution >= 0.6 is 0 Å². The number of nitrogens with one attached hydrogen (secondary N) is 1. The average Bonchev–Trinajstić information content (AvgIpc) is 3.30. The maximum Gasteiger partial charge on any atom is 0.220 e. The Labute approximate surface area is 176 Å². The first-order chi connectivity index (χ1) is 14.4. The molecule has 2 aliphatic heterocycles. The molecule has 1 saturated heterocycles. The predicted molar refractivity (Wildman–Crippen MR) is 116 cm³/mol. The number of rotatable bonds is 2. The molecule has 0 saturated carbocycles. The van der Waals surface area contributed by atoms with Crippen molar-refractivity contribution >= 4 is 22.6 Å². The normalized spacial score (nSPS) is 20.6. The molecule has 5 rings (SSSR count). The van der Waals surface area contributed by atoms with Gasteiger partial charge in [-0.2, -0.15) is 0 Å². The van der Waals surface area contributed by atoms with Gasteiger partial charge in [-0.25, -0.2) is 9.97 Å². The molecule has 1 amide bonds. The topological polar surface area (TPSA) is 74.3 Å². The zero-order valence-electron chi connectivity index (χ0n) is 17.9. The highest BCUT2D eigenvalue weighted by molar-refractivity contribution is 5.93. The monoisotopic (exact) mass is 405 g/mol. The highest BCUT2D eigenvalue weighted by atomic mass is 16.5. The molecule has 30 heavy (non-hydrogen) atoms. The summed E-state index contributed by atoms with van der Waals surface area (Å²) in [5, 5.41) is 1.10. The minimum absolute atomic E-state index is 0.0493. The molecule has 0 spiro atoms. The van der Waals surface area contributed by atoms with Gasteiger partial charge in [0.25, 0.3) is 0 Å². The van der Waals surface area contributed by atoms with E-state index in [0.717, 1.165) is 40.1 Å². The number of nitrogens with zero attached hydrogens (tertiary/aromatic N) is 4. The molecular formula is C23H27N5O2. The molecule has 0 radical (unpaired) electrons. The molecule has 3 aromatic rings. The number of fused-ring (bicyclic) bond motifs is 2. The Balaban J connectivity index is 1.75. The summed E-state index contributed by atoms with van der Waals surface area (Å²) in [5.74, 6) is 1.68. The summed E-state index contributed by atoms with van der Waals surface area (Å²) in [6.07, 6.45) is 1.94. The second-order valence-corrected chi connectivity index (χ2v) is 8.72. The van der Waals surface area contributed by atoms with Crippen LogP contribution in [0.3, 0.4) is 0 Å². The van der Waals surface area contributed by atoms with Gasteiger partial charge in [0, 0.05) is 41.7 Å². The Morgan fingerprint density at radius 1 is 1.27 bits per heavy atom. The maximum atomic E-state index is 12.4. The van der Waals surface area contributed by atoms with E-state index in [0.29, 0.717) is 25.6 Å². The second-order valence-electron chi connectivity index (χ2n) is 8.72. The van der Waals surface area contributed by atoms with Crippen molar-refractivity contribution in [3.63, 3.8) is 0 Å². The zero-order valence-corrected chi connectivity index (χ0v) is 17.9. The van der Waals surface area contributed by atoms with E-state index in [4.69, 9.17) is 14.7 Å². The molecule has 1 fully saturated rings. The quantitative estimate of drug-likeness (QED) is 0.707. The van der Waals surface area contributed by atoms with E-state index in [9.17, 15) is 4.79 Å². The van der Waals surface area contributed by atoms with Gasteiger partial charge in [-0.3, -0.25) is 4.79 Å². The lowest BCUT2D eigenvalue weighted by atomic mass is 9.98. The molecule has 2 aromatic heterocycles. The number of ether oxygens (including phenoxy) is 1. The van der Waals surface area contributed by atoms with Crippen LogP contribution in [0.1, 0.15) is 39.0 Å². The first kappa shape index (κ1) is 19.1. The number of hydrogen-bond donors (Lipinski definition) is 1. The molecule has 1 atom stereocenters. The maximum absolute atomic E-state index is 12.4. The minimum atomic E-state index is -0.491. The van der Waals surface area contributed by atoms with Gasteiger partial charge in [0.2, 0.25) is 5.91 Å². The average molecular weight is 406 g/mol. The molecule has 4 heterocycles. The van der Waals surface area contributed by atoms with Crippen LogP contribution < -0.4 is 4.90 Å². The fourth-order valence-corrected chi connectivity index (χ4v) is 4.79. The lowest BCUT2D eigenvalue weighted by Gasteiger charge is -2.35. The van der Waals surface area contributed by atoms with Gasteiger partial charge >= 0.3 is 0 Å². The zero-order chi connectivity index (χ0) is 21.0. The van der Waals surface area contributed by atoms with Crippen molar-refractivity contribution in [3.05, 3.63) is 41.7 Å². The Morgan fingerprint density at radius 2 is 2.10 bits per heavy atom. The SMILES string of the molecule is CC(=O)N1Cc2c(N3CCOCC3C)nc(-c3cccc4[nH]ccc34)nc2C1(C)C. The predicted octanol–water partition coefficient (Wildman–Crippen LogP) is 3.45. The van der Waals surface area contributed by atoms with Crippen molar-refractivity contribution in [1.82, 2.24) is 19.9 Å². The molecule has 7 nitrogen and oxygen atoms in total. The van der Waals surface area contributed by atoms with Crippen LogP contribution in [-0.4, -0.2) is 51.6 Å². The van der Waals surface area contributed by atoms with Gasteiger partial charge < -0.3 is 19.5 Å². The third kappa shape index (κ3) is 2.80. The minimum Gasteiger partial charge on any atom is -0.377 e. The summed E-state index contributed by atoms with van der Waals surface area (Å²) in [6.45, 7) is 10.6. The number of aromatic amines is 1. The Morgan fingerprint density at radius 3 is 2.87 bits per heavy atom. The van der Waals surface area contributed by atoms with Crippen molar-refractivity contribution in [2.75, 3.05) is 24.7 Å². The number of aromatic nitrogens is 3. The summed E-state index contributed by atoms with van der Waals surface area (Å²) >= 11 is 0. The first-order valence-electron chi connectivity index (χ1n) is 10.5. The second kappa shape index (κ2) is 6.80. The molecule has 1 unspecified atom stereocenters. The molecule has 0 aliphatic carbocycles. The van der Waals surface area contributed by atoms with Crippen molar-refractivity contribution in [3.8, 4) is 11.4 Å². The molecule has 2 aliphatic rings. The summed E-state index contributed by atoms with van der Waals surface area (Å²) in [5.41, 5.74) is 3.55. The number of benzene rings is 1. The number of anilines is 1. The fourth-order valence-electron chi connectivity index (χ4n) is 4.79. The summed E-state index contributed by atoms with van der Waals surface area (Å²) in [4.78, 5) is 30.0. The molecule has 7 heteroatoms. The van der Waals surface area contributed by atoms with Crippen LogP contribution in [0.25, 0.3) is 22.3 Å². The van der Waals surface area contributed by atoms with Crippen molar-refractivity contribution in [2.45, 2.75) is 45.8 Å². The lowest BCUT2D eigenvalue weighted by molar-refractivity contribution is -0.134. The number of carbonyl (C=O) groups excluding carboxylic acids is 1. The molecule has 1 N–H and O–H groups in total. The van der Waals surface area contributed by atoms with Crippen LogP contribution in [-0.2, 0) is 21.6 Å². The van der Waals surface area contributed by atoms with Gasteiger partial charge in [-0.15, -0.1) is 0 Å². The highest BCUT2D eigenvalue weighted by Crippen LogP contribution is 2.43. The van der Waals surface area contributed by atoms with E-state index in [2.05, 4.69) is 48.9 Å². The molecule has 0 bridgehead atoms. The number of carbonyl (C=O) groups is 1. The van der Waals surface area contributed by atoms with Gasteiger partial charge in [0.15, 0.2) is 5.82 Å². The van der Waals surface area contributed by atoms with Gasteiger partial charge in [0.05, 0.1) is 37.0 Å². The van der Waals surface area contributed by atoms with Crippen LogP contribution in [0.15, 0.2) is 30.5 Å². The summed E-state index contributed by atoms with van der Waals surface area (Å²) < 4.78 is 5.66. The van der Waals surface area contributed by atoms with E-state index in [-0.39, 0.29) is 11.9 Å². The highest BCUT2D eigenvalue weighted by Gasteiger charge is 2.43. The smallest absolute Gasteiger partial charge is 0.220 e. The Hall–Kier alpha value is -2.93. The number of amides is 1. The number of H-pyrrole nitrogens is 1. The number of morpholine rings is 1. The van der Waals surface area contributed by atoms with Gasteiger partial charge in [-0.1, -0.05) is 12.1 Å². The van der Waals surface area contributed by atoms with Gasteiger partial charge in [0.1, 0.15) is 5.82 Å². The van der Waals surface area contributed by atoms with E-state index in [1.807, 2.05) is 17.2 Å². The van der Waals surface area contributed by atoms with Crippen molar-refractivity contribution in [1.29, 1.82) is 0 Å². The first-order valence-corrected chi connectivity index (χ1v) is 10.5. The van der Waals surface area contributed by atoms with Gasteiger partial charge in [-0.05, 0) is 32.9 Å². The van der Waals surface area contributed by atoms with Crippen LogP contribution in [0.4, 0.5) is 5.82 Å². The van der Waals surface area contributed by atoms with Crippen LogP contribution in [0, 0.1) is 0 Å². The molecule has 1 aromatic carbocycles. The third-order valence-electron chi connectivity index (χ3n) is 6.41. The van der Waals surface area contributed by atoms with E-state index >= 15 is 0 Å². The molecular weight excluding hydrogens is 378 g/mol. The van der Waals surface area contributed by atoms with Crippen LogP contribution in [0.2, 0.25) is 0 Å². The van der Waals surface area contributed by atoms with Crippen molar-refractivity contribution < 1.29 is 9.53 Å². The van der Waals surface area contributed by atoms with Crippen molar-refractivity contribution in [2.24, 2.45) is 0 Å². The summed E-state index contributed by atoms with van der Waals surface area (Å²) in [6, 6.07) is 8.41.